The van der Waals surface area contributed by atoms with E-state index in [1.165, 1.54) is 31.2 Å². The van der Waals surface area contributed by atoms with Crippen LogP contribution in [0.3, 0.4) is 0 Å². The molecule has 0 saturated carbocycles. The van der Waals surface area contributed by atoms with Gasteiger partial charge in [-0.1, -0.05) is 12.1 Å². The fourth-order valence-electron chi connectivity index (χ4n) is 1.07. The molecule has 0 amide bonds. The Morgan fingerprint density at radius 2 is 1.75 bits per heavy atom. The van der Waals surface area contributed by atoms with Crippen LogP contribution in [0.1, 0.15) is 12.5 Å². The molecule has 1 rings (SSSR count). The van der Waals surface area contributed by atoms with Crippen LogP contribution in [0.25, 0.3) is 0 Å². The number of halogens is 3. The van der Waals surface area contributed by atoms with Gasteiger partial charge in [0.25, 0.3) is 0 Å². The molecule has 0 radical (unpaired) electrons. The molecule has 0 aliphatic carbocycles. The lowest BCUT2D eigenvalue weighted by Crippen LogP contribution is -2.30. The lowest BCUT2D eigenvalue weighted by atomic mass is 9.95. The van der Waals surface area contributed by atoms with Crippen molar-refractivity contribution in [2.45, 2.75) is 22.9 Å². The molecule has 1 aromatic carbocycles. The van der Waals surface area contributed by atoms with Crippen LogP contribution in [-0.4, -0.2) is 5.51 Å². The predicted octanol–water partition coefficient (Wildman–Crippen LogP) is 3.00. The van der Waals surface area contributed by atoms with E-state index in [9.17, 15) is 13.2 Å². The molecular weight excluding hydrogens is 237 g/mol. The molecule has 0 bridgehead atoms. The van der Waals surface area contributed by atoms with Gasteiger partial charge in [0.05, 0.1) is 6.07 Å². The van der Waals surface area contributed by atoms with E-state index in [0.717, 1.165) is 0 Å². The Morgan fingerprint density at radius 1 is 1.25 bits per heavy atom. The number of rotatable bonds is 2. The zero-order valence-corrected chi connectivity index (χ0v) is 9.19. The molecule has 0 heterocycles. The van der Waals surface area contributed by atoms with Crippen molar-refractivity contribution in [3.8, 4) is 6.07 Å². The third-order valence-corrected chi connectivity index (χ3v) is 2.66. The van der Waals surface area contributed by atoms with Crippen LogP contribution < -0.4 is 5.73 Å². The van der Waals surface area contributed by atoms with Crippen molar-refractivity contribution in [1.82, 2.24) is 0 Å². The van der Waals surface area contributed by atoms with Gasteiger partial charge in [0.2, 0.25) is 0 Å². The van der Waals surface area contributed by atoms with E-state index < -0.39 is 11.0 Å². The first kappa shape index (κ1) is 12.9. The topological polar surface area (TPSA) is 49.8 Å². The molecule has 2 nitrogen and oxygen atoms in total. The summed E-state index contributed by atoms with van der Waals surface area (Å²) in [6.07, 6.45) is 0. The molecule has 16 heavy (non-hydrogen) atoms. The highest BCUT2D eigenvalue weighted by atomic mass is 32.2. The predicted molar refractivity (Wildman–Crippen MR) is 55.5 cm³/mol. The van der Waals surface area contributed by atoms with Gasteiger partial charge in [-0.05, 0) is 36.4 Å². The normalized spacial score (nSPS) is 15.2. The Kier molecular flexibility index (Phi) is 3.51. The van der Waals surface area contributed by atoms with Gasteiger partial charge in [0, 0.05) is 4.90 Å². The summed E-state index contributed by atoms with van der Waals surface area (Å²) in [4.78, 5) is 0.0741. The summed E-state index contributed by atoms with van der Waals surface area (Å²) >= 11 is -0.196. The number of hydrogen-bond acceptors (Lipinski definition) is 3. The van der Waals surface area contributed by atoms with Gasteiger partial charge < -0.3 is 5.73 Å². The van der Waals surface area contributed by atoms with Gasteiger partial charge in [0.1, 0.15) is 5.54 Å². The lowest BCUT2D eigenvalue weighted by molar-refractivity contribution is -0.0328. The Balaban J connectivity index is 2.89. The maximum Gasteiger partial charge on any atom is 0.446 e. The highest BCUT2D eigenvalue weighted by molar-refractivity contribution is 8.00. The summed E-state index contributed by atoms with van der Waals surface area (Å²) in [5, 5.41) is 8.74. The van der Waals surface area contributed by atoms with Crippen LogP contribution in [0.2, 0.25) is 0 Å². The summed E-state index contributed by atoms with van der Waals surface area (Å²) in [5.41, 5.74) is 0.630. The van der Waals surface area contributed by atoms with E-state index in [2.05, 4.69) is 0 Å². The van der Waals surface area contributed by atoms with Crippen LogP contribution in [0, 0.1) is 11.3 Å². The number of thioether (sulfide) groups is 1. The SMILES string of the molecule is C[C@@](N)(C#N)c1ccc(SC(F)(F)F)cc1. The molecule has 86 valence electrons. The molecule has 2 N–H and O–H groups in total. The lowest BCUT2D eigenvalue weighted by Gasteiger charge is -2.16. The summed E-state index contributed by atoms with van der Waals surface area (Å²) in [5.74, 6) is 0. The Hall–Kier alpha value is -1.19. The summed E-state index contributed by atoms with van der Waals surface area (Å²) in [6, 6.07) is 7.33. The first-order valence-corrected chi connectivity index (χ1v) is 5.13. The van der Waals surface area contributed by atoms with E-state index in [4.69, 9.17) is 11.0 Å². The van der Waals surface area contributed by atoms with Gasteiger partial charge in [-0.25, -0.2) is 0 Å². The van der Waals surface area contributed by atoms with Crippen molar-refractivity contribution in [3.05, 3.63) is 29.8 Å². The van der Waals surface area contributed by atoms with Crippen LogP contribution in [0.5, 0.6) is 0 Å². The monoisotopic (exact) mass is 246 g/mol. The van der Waals surface area contributed by atoms with Crippen molar-refractivity contribution in [2.24, 2.45) is 5.73 Å². The summed E-state index contributed by atoms with van der Waals surface area (Å²) in [6.45, 7) is 1.50. The fraction of sp³-hybridized carbons (Fsp3) is 0.300. The van der Waals surface area contributed by atoms with Crippen molar-refractivity contribution >= 4 is 11.8 Å². The molecule has 0 unspecified atom stereocenters. The molecular formula is C10H9F3N2S. The number of hydrogen-bond donors (Lipinski definition) is 1. The number of nitrogens with zero attached hydrogens (tertiary/aromatic N) is 1. The van der Waals surface area contributed by atoms with Gasteiger partial charge in [-0.2, -0.15) is 18.4 Å². The number of benzene rings is 1. The third-order valence-electron chi connectivity index (χ3n) is 1.92. The first-order valence-electron chi connectivity index (χ1n) is 4.31. The van der Waals surface area contributed by atoms with E-state index in [1.54, 1.807) is 0 Å². The van der Waals surface area contributed by atoms with Crippen LogP contribution in [0.4, 0.5) is 13.2 Å². The Labute approximate surface area is 95.2 Å². The van der Waals surface area contributed by atoms with Crippen molar-refractivity contribution in [3.63, 3.8) is 0 Å². The summed E-state index contributed by atoms with van der Waals surface area (Å²) < 4.78 is 36.1. The molecule has 0 fully saturated rings. The molecule has 1 atom stereocenters. The van der Waals surface area contributed by atoms with Crippen molar-refractivity contribution in [1.29, 1.82) is 5.26 Å². The van der Waals surface area contributed by atoms with Crippen LogP contribution in [-0.2, 0) is 5.54 Å². The smallest absolute Gasteiger partial charge is 0.310 e. The molecule has 6 heteroatoms. The Bertz CT molecular complexity index is 404. The van der Waals surface area contributed by atoms with Crippen LogP contribution >= 0.6 is 11.8 Å². The van der Waals surface area contributed by atoms with Crippen molar-refractivity contribution in [2.75, 3.05) is 0 Å². The van der Waals surface area contributed by atoms with Crippen molar-refractivity contribution < 1.29 is 13.2 Å². The highest BCUT2D eigenvalue weighted by Crippen LogP contribution is 2.37. The second-order valence-electron chi connectivity index (χ2n) is 3.39. The van der Waals surface area contributed by atoms with Gasteiger partial charge in [0.15, 0.2) is 0 Å². The quantitative estimate of drug-likeness (QED) is 0.816. The number of alkyl halides is 3. The average Bonchev–Trinajstić information content (AvgIpc) is 2.16. The molecule has 0 aromatic heterocycles. The number of nitrogens with two attached hydrogens (primary N) is 1. The minimum Gasteiger partial charge on any atom is -0.310 e. The van der Waals surface area contributed by atoms with Gasteiger partial charge >= 0.3 is 5.51 Å². The molecule has 1 aromatic rings. The maximum absolute atomic E-state index is 12.0. The largest absolute Gasteiger partial charge is 0.446 e. The molecule has 0 spiro atoms. The average molecular weight is 246 g/mol. The van der Waals surface area contributed by atoms with E-state index in [1.807, 2.05) is 6.07 Å². The van der Waals surface area contributed by atoms with E-state index in [0.29, 0.717) is 5.56 Å². The maximum atomic E-state index is 12.0. The second kappa shape index (κ2) is 4.36. The minimum atomic E-state index is -4.30. The zero-order chi connectivity index (χ0) is 12.4. The zero-order valence-electron chi connectivity index (χ0n) is 8.38. The minimum absolute atomic E-state index is 0.0741. The first-order chi connectivity index (χ1) is 7.24. The third kappa shape index (κ3) is 3.43. The van der Waals surface area contributed by atoms with E-state index in [-0.39, 0.29) is 16.7 Å². The highest BCUT2D eigenvalue weighted by Gasteiger charge is 2.29. The summed E-state index contributed by atoms with van der Waals surface area (Å²) in [7, 11) is 0. The second-order valence-corrected chi connectivity index (χ2v) is 4.52. The van der Waals surface area contributed by atoms with E-state index >= 15 is 0 Å². The molecule has 0 aliphatic heterocycles. The Morgan fingerprint density at radius 3 is 2.12 bits per heavy atom. The standard InChI is InChI=1S/C10H9F3N2S/c1-9(15,6-14)7-2-4-8(5-3-7)16-10(11,12)13/h2-5H,15H2,1H3/t9-/m1/s1. The molecule has 0 saturated heterocycles. The van der Waals surface area contributed by atoms with Crippen LogP contribution in [0.15, 0.2) is 29.2 Å². The van der Waals surface area contributed by atoms with Gasteiger partial charge in [-0.3, -0.25) is 0 Å². The molecule has 0 aliphatic rings. The fourth-order valence-corrected chi connectivity index (χ4v) is 1.61. The number of nitriles is 1. The van der Waals surface area contributed by atoms with Gasteiger partial charge in [-0.15, -0.1) is 0 Å².